The number of anilines is 1. The zero-order chi connectivity index (χ0) is 14.2. The Morgan fingerprint density at radius 2 is 2.11 bits per heavy atom. The average molecular weight is 264 g/mol. The van der Waals surface area contributed by atoms with Crippen LogP contribution in [0.1, 0.15) is 34.1 Å². The van der Waals surface area contributed by atoms with Crippen molar-refractivity contribution in [2.24, 2.45) is 11.7 Å². The van der Waals surface area contributed by atoms with E-state index in [1.54, 1.807) is 17.0 Å². The Morgan fingerprint density at radius 1 is 1.42 bits per heavy atom. The predicted molar refractivity (Wildman–Crippen MR) is 77.5 cm³/mol. The summed E-state index contributed by atoms with van der Waals surface area (Å²) in [5.74, 6) is 0.939. The SMILES string of the molecule is CC1CN(c2nccn(C(C)(C)C)c2=O)CCC1N. The van der Waals surface area contributed by atoms with Gasteiger partial charge in [0, 0.05) is 37.1 Å². The normalized spacial score (nSPS) is 24.6. The van der Waals surface area contributed by atoms with Gasteiger partial charge in [-0.25, -0.2) is 4.98 Å². The first-order valence-corrected chi connectivity index (χ1v) is 6.89. The smallest absolute Gasteiger partial charge is 0.293 e. The zero-order valence-corrected chi connectivity index (χ0v) is 12.3. The molecule has 2 rings (SSSR count). The minimum atomic E-state index is -0.230. The number of nitrogens with two attached hydrogens (primary N) is 1. The average Bonchev–Trinajstić information content (AvgIpc) is 2.32. The molecule has 0 aliphatic carbocycles. The third-order valence-electron chi connectivity index (χ3n) is 3.82. The molecule has 0 radical (unpaired) electrons. The maximum absolute atomic E-state index is 12.5. The summed E-state index contributed by atoms with van der Waals surface area (Å²) in [6, 6.07) is 0.227. The van der Waals surface area contributed by atoms with Gasteiger partial charge < -0.3 is 15.2 Å². The summed E-state index contributed by atoms with van der Waals surface area (Å²) in [6.07, 6.45) is 4.37. The Balaban J connectivity index is 2.34. The van der Waals surface area contributed by atoms with Gasteiger partial charge in [0.05, 0.1) is 0 Å². The van der Waals surface area contributed by atoms with Gasteiger partial charge in [-0.15, -0.1) is 0 Å². The second kappa shape index (κ2) is 4.96. The van der Waals surface area contributed by atoms with Gasteiger partial charge in [-0.2, -0.15) is 0 Å². The topological polar surface area (TPSA) is 64.2 Å². The summed E-state index contributed by atoms with van der Waals surface area (Å²) in [7, 11) is 0. The number of hydrogen-bond acceptors (Lipinski definition) is 4. The monoisotopic (exact) mass is 264 g/mol. The molecule has 2 atom stereocenters. The third kappa shape index (κ3) is 2.81. The van der Waals surface area contributed by atoms with Gasteiger partial charge in [0.25, 0.3) is 5.56 Å². The molecule has 0 amide bonds. The van der Waals surface area contributed by atoms with Crippen LogP contribution in [0.3, 0.4) is 0 Å². The summed E-state index contributed by atoms with van der Waals surface area (Å²) >= 11 is 0. The standard InChI is InChI=1S/C14H24N4O/c1-10-9-17(7-5-11(10)15)12-13(19)18(8-6-16-12)14(2,3)4/h6,8,10-11H,5,7,9,15H2,1-4H3. The molecular formula is C14H24N4O. The lowest BCUT2D eigenvalue weighted by molar-refractivity contribution is 0.368. The van der Waals surface area contributed by atoms with Gasteiger partial charge in [0.1, 0.15) is 0 Å². The Morgan fingerprint density at radius 3 is 2.68 bits per heavy atom. The predicted octanol–water partition coefficient (Wildman–Crippen LogP) is 1.17. The summed E-state index contributed by atoms with van der Waals surface area (Å²) in [5, 5.41) is 0. The van der Waals surface area contributed by atoms with Crippen molar-refractivity contribution in [3.8, 4) is 0 Å². The molecule has 106 valence electrons. The van der Waals surface area contributed by atoms with E-state index in [2.05, 4.69) is 16.8 Å². The summed E-state index contributed by atoms with van der Waals surface area (Å²) in [4.78, 5) is 18.9. The second-order valence-corrected chi connectivity index (χ2v) is 6.47. The first kappa shape index (κ1) is 14.1. The van der Waals surface area contributed by atoms with E-state index < -0.39 is 0 Å². The van der Waals surface area contributed by atoms with Crippen molar-refractivity contribution in [1.82, 2.24) is 9.55 Å². The van der Waals surface area contributed by atoms with E-state index in [9.17, 15) is 4.79 Å². The highest BCUT2D eigenvalue weighted by Gasteiger charge is 2.26. The van der Waals surface area contributed by atoms with Crippen molar-refractivity contribution >= 4 is 5.82 Å². The molecule has 0 saturated carbocycles. The van der Waals surface area contributed by atoms with Crippen LogP contribution in [0.15, 0.2) is 17.2 Å². The van der Waals surface area contributed by atoms with Crippen molar-refractivity contribution in [2.45, 2.75) is 45.7 Å². The minimum Gasteiger partial charge on any atom is -0.352 e. The van der Waals surface area contributed by atoms with E-state index in [0.29, 0.717) is 11.7 Å². The molecule has 2 unspecified atom stereocenters. The molecule has 5 nitrogen and oxygen atoms in total. The lowest BCUT2D eigenvalue weighted by Crippen LogP contribution is -2.48. The van der Waals surface area contributed by atoms with Crippen LogP contribution in [-0.2, 0) is 5.54 Å². The second-order valence-electron chi connectivity index (χ2n) is 6.47. The Bertz CT molecular complexity index is 503. The Labute approximate surface area is 114 Å². The highest BCUT2D eigenvalue weighted by atomic mass is 16.1. The van der Waals surface area contributed by atoms with Crippen LogP contribution in [-0.4, -0.2) is 28.7 Å². The lowest BCUT2D eigenvalue weighted by atomic mass is 9.95. The fraction of sp³-hybridized carbons (Fsp3) is 0.714. The lowest BCUT2D eigenvalue weighted by Gasteiger charge is -2.36. The minimum absolute atomic E-state index is 0.0160. The number of nitrogens with zero attached hydrogens (tertiary/aromatic N) is 3. The number of aromatic nitrogens is 2. The van der Waals surface area contributed by atoms with Crippen molar-refractivity contribution in [1.29, 1.82) is 0 Å². The van der Waals surface area contributed by atoms with Crippen molar-refractivity contribution < 1.29 is 0 Å². The summed E-state index contributed by atoms with van der Waals surface area (Å²) < 4.78 is 1.74. The molecule has 0 bridgehead atoms. The van der Waals surface area contributed by atoms with E-state index in [-0.39, 0.29) is 17.1 Å². The largest absolute Gasteiger partial charge is 0.352 e. The molecule has 1 saturated heterocycles. The van der Waals surface area contributed by atoms with Gasteiger partial charge in [-0.1, -0.05) is 6.92 Å². The summed E-state index contributed by atoms with van der Waals surface area (Å²) in [6.45, 7) is 9.80. The fourth-order valence-electron chi connectivity index (χ4n) is 2.50. The quantitative estimate of drug-likeness (QED) is 0.827. The molecular weight excluding hydrogens is 240 g/mol. The van der Waals surface area contributed by atoms with Crippen molar-refractivity contribution in [3.63, 3.8) is 0 Å². The van der Waals surface area contributed by atoms with Gasteiger partial charge in [-0.05, 0) is 33.1 Å². The van der Waals surface area contributed by atoms with Crippen LogP contribution >= 0.6 is 0 Å². The zero-order valence-electron chi connectivity index (χ0n) is 12.3. The molecule has 1 aromatic heterocycles. The Hall–Kier alpha value is -1.36. The van der Waals surface area contributed by atoms with E-state index >= 15 is 0 Å². The molecule has 2 heterocycles. The van der Waals surface area contributed by atoms with E-state index in [1.165, 1.54) is 0 Å². The van der Waals surface area contributed by atoms with Crippen molar-refractivity contribution in [3.05, 3.63) is 22.7 Å². The highest BCUT2D eigenvalue weighted by Crippen LogP contribution is 2.19. The molecule has 0 aromatic carbocycles. The van der Waals surface area contributed by atoms with Crippen LogP contribution in [0.4, 0.5) is 5.82 Å². The van der Waals surface area contributed by atoms with Gasteiger partial charge in [0.2, 0.25) is 0 Å². The molecule has 19 heavy (non-hydrogen) atoms. The maximum atomic E-state index is 12.5. The third-order valence-corrected chi connectivity index (χ3v) is 3.82. The van der Waals surface area contributed by atoms with Crippen LogP contribution in [0.2, 0.25) is 0 Å². The van der Waals surface area contributed by atoms with Gasteiger partial charge >= 0.3 is 0 Å². The van der Waals surface area contributed by atoms with Gasteiger partial charge in [0.15, 0.2) is 5.82 Å². The summed E-state index contributed by atoms with van der Waals surface area (Å²) in [5.41, 5.74) is 5.78. The number of rotatable bonds is 1. The molecule has 1 fully saturated rings. The van der Waals surface area contributed by atoms with Crippen LogP contribution in [0, 0.1) is 5.92 Å². The first-order valence-electron chi connectivity index (χ1n) is 6.89. The van der Waals surface area contributed by atoms with E-state index in [4.69, 9.17) is 5.73 Å². The van der Waals surface area contributed by atoms with Gasteiger partial charge in [-0.3, -0.25) is 4.79 Å². The molecule has 1 aromatic rings. The van der Waals surface area contributed by atoms with Crippen LogP contribution in [0.5, 0.6) is 0 Å². The highest BCUT2D eigenvalue weighted by molar-refractivity contribution is 5.37. The van der Waals surface area contributed by atoms with Crippen LogP contribution < -0.4 is 16.2 Å². The first-order chi connectivity index (χ1) is 8.80. The number of hydrogen-bond donors (Lipinski definition) is 1. The van der Waals surface area contributed by atoms with E-state index in [0.717, 1.165) is 19.5 Å². The van der Waals surface area contributed by atoms with Crippen molar-refractivity contribution in [2.75, 3.05) is 18.0 Å². The molecule has 1 aliphatic rings. The maximum Gasteiger partial charge on any atom is 0.293 e. The molecule has 2 N–H and O–H groups in total. The fourth-order valence-corrected chi connectivity index (χ4v) is 2.50. The molecule has 1 aliphatic heterocycles. The number of piperidine rings is 1. The molecule has 0 spiro atoms. The molecule has 5 heteroatoms. The van der Waals surface area contributed by atoms with E-state index in [1.807, 2.05) is 20.8 Å². The van der Waals surface area contributed by atoms with Crippen LogP contribution in [0.25, 0.3) is 0 Å². The Kier molecular flexibility index (Phi) is 3.67.